The van der Waals surface area contributed by atoms with Crippen LogP contribution < -0.4 is 5.32 Å². The van der Waals surface area contributed by atoms with Gasteiger partial charge in [0.25, 0.3) is 0 Å². The second-order valence-electron chi connectivity index (χ2n) is 1.80. The van der Waals surface area contributed by atoms with Gasteiger partial charge in [-0.05, 0) is 0 Å². The van der Waals surface area contributed by atoms with E-state index in [1.165, 1.54) is 6.41 Å². The second kappa shape index (κ2) is 5.16. The van der Waals surface area contributed by atoms with Crippen LogP contribution in [0.2, 0.25) is 0 Å². The summed E-state index contributed by atoms with van der Waals surface area (Å²) in [6.07, 6.45) is -1.02. The summed E-state index contributed by atoms with van der Waals surface area (Å²) in [6, 6.07) is 0. The molecule has 0 aliphatic rings. The molecule has 5 nitrogen and oxygen atoms in total. The standard InChI is InChI=1S/C5H10NO4/c7-2-5(10)4(9)1-6-3-8/h4-5,7,9-10H,1-2H2,(H,6,8). The van der Waals surface area contributed by atoms with Crippen molar-refractivity contribution in [3.63, 3.8) is 0 Å². The smallest absolute Gasteiger partial charge is 0.309 e. The summed E-state index contributed by atoms with van der Waals surface area (Å²) in [4.78, 5) is 9.53. The van der Waals surface area contributed by atoms with E-state index in [1.807, 2.05) is 5.32 Å². The highest BCUT2D eigenvalue weighted by Crippen LogP contribution is 1.88. The molecule has 5 heteroatoms. The van der Waals surface area contributed by atoms with E-state index >= 15 is 0 Å². The van der Waals surface area contributed by atoms with E-state index in [2.05, 4.69) is 0 Å². The molecule has 0 fully saturated rings. The van der Waals surface area contributed by atoms with Crippen LogP contribution in [0.25, 0.3) is 0 Å². The molecule has 0 saturated carbocycles. The fourth-order valence-electron chi connectivity index (χ4n) is 0.404. The van der Waals surface area contributed by atoms with Crippen LogP contribution in [0.15, 0.2) is 0 Å². The van der Waals surface area contributed by atoms with Gasteiger partial charge in [0, 0.05) is 6.54 Å². The maximum absolute atomic E-state index is 9.53. The van der Waals surface area contributed by atoms with Crippen LogP contribution in [-0.4, -0.2) is 47.1 Å². The van der Waals surface area contributed by atoms with Gasteiger partial charge < -0.3 is 20.6 Å². The molecule has 0 bridgehead atoms. The Labute approximate surface area is 58.3 Å². The van der Waals surface area contributed by atoms with E-state index in [0.29, 0.717) is 0 Å². The van der Waals surface area contributed by atoms with E-state index in [4.69, 9.17) is 15.3 Å². The number of aliphatic hydroxyl groups excluding tert-OH is 3. The van der Waals surface area contributed by atoms with Gasteiger partial charge in [-0.3, -0.25) is 4.79 Å². The molecule has 1 amide bonds. The molecule has 1 radical (unpaired) electrons. The molecule has 10 heavy (non-hydrogen) atoms. The lowest BCUT2D eigenvalue weighted by atomic mass is 10.2. The third-order valence-electron chi connectivity index (χ3n) is 1.01. The predicted octanol–water partition coefficient (Wildman–Crippen LogP) is -2.64. The van der Waals surface area contributed by atoms with Crippen molar-refractivity contribution in [1.29, 1.82) is 0 Å². The molecule has 2 unspecified atom stereocenters. The summed E-state index contributed by atoms with van der Waals surface area (Å²) in [5, 5.41) is 27.8. The van der Waals surface area contributed by atoms with Gasteiger partial charge in [0.15, 0.2) is 0 Å². The fraction of sp³-hybridized carbons (Fsp3) is 0.800. The van der Waals surface area contributed by atoms with E-state index in [-0.39, 0.29) is 6.54 Å². The van der Waals surface area contributed by atoms with Crippen LogP contribution in [-0.2, 0) is 4.79 Å². The average Bonchev–Trinajstić information content (AvgIpc) is 1.98. The van der Waals surface area contributed by atoms with Crippen LogP contribution in [0.1, 0.15) is 0 Å². The molecule has 0 aromatic carbocycles. The molecular weight excluding hydrogens is 138 g/mol. The van der Waals surface area contributed by atoms with Crippen LogP contribution in [0.5, 0.6) is 0 Å². The highest BCUT2D eigenvalue weighted by molar-refractivity contribution is 5.46. The van der Waals surface area contributed by atoms with E-state index < -0.39 is 18.8 Å². The van der Waals surface area contributed by atoms with Crippen molar-refractivity contribution in [2.45, 2.75) is 12.2 Å². The quantitative estimate of drug-likeness (QED) is 0.321. The lowest BCUT2D eigenvalue weighted by Gasteiger charge is -2.13. The first-order valence-corrected chi connectivity index (χ1v) is 2.79. The first-order valence-electron chi connectivity index (χ1n) is 2.79. The molecule has 4 N–H and O–H groups in total. The monoisotopic (exact) mass is 148 g/mol. The molecule has 0 aromatic rings. The number of hydrogen-bond acceptors (Lipinski definition) is 4. The number of nitrogens with one attached hydrogen (secondary N) is 1. The van der Waals surface area contributed by atoms with Crippen molar-refractivity contribution in [2.75, 3.05) is 13.2 Å². The Morgan fingerprint density at radius 3 is 2.40 bits per heavy atom. The van der Waals surface area contributed by atoms with Crippen molar-refractivity contribution in [3.05, 3.63) is 0 Å². The van der Waals surface area contributed by atoms with Crippen LogP contribution in [0.3, 0.4) is 0 Å². The first-order chi connectivity index (χ1) is 4.72. The molecular formula is C5H10NO4. The van der Waals surface area contributed by atoms with Gasteiger partial charge in [-0.15, -0.1) is 0 Å². The van der Waals surface area contributed by atoms with Gasteiger partial charge in [-0.1, -0.05) is 0 Å². The Bertz CT molecular complexity index is 97.6. The maximum atomic E-state index is 9.53. The molecule has 0 rings (SSSR count). The van der Waals surface area contributed by atoms with Crippen molar-refractivity contribution in [2.24, 2.45) is 0 Å². The number of amides is 1. The Hall–Kier alpha value is -0.650. The zero-order valence-corrected chi connectivity index (χ0v) is 5.32. The largest absolute Gasteiger partial charge is 0.394 e. The summed E-state index contributed by atoms with van der Waals surface area (Å²) in [5.41, 5.74) is 0. The molecule has 0 heterocycles. The van der Waals surface area contributed by atoms with Crippen LogP contribution in [0.4, 0.5) is 0 Å². The van der Waals surface area contributed by atoms with Crippen LogP contribution >= 0.6 is 0 Å². The summed E-state index contributed by atoms with van der Waals surface area (Å²) in [6.45, 7) is -0.632. The second-order valence-corrected chi connectivity index (χ2v) is 1.80. The number of aliphatic hydroxyl groups is 3. The van der Waals surface area contributed by atoms with Gasteiger partial charge in [-0.2, -0.15) is 0 Å². The number of hydrogen-bond donors (Lipinski definition) is 4. The molecule has 0 aromatic heterocycles. The van der Waals surface area contributed by atoms with E-state index in [0.717, 1.165) is 0 Å². The summed E-state index contributed by atoms with van der Waals surface area (Å²) < 4.78 is 0. The zero-order valence-electron chi connectivity index (χ0n) is 5.32. The van der Waals surface area contributed by atoms with Crippen molar-refractivity contribution in [1.82, 2.24) is 5.32 Å². The lowest BCUT2D eigenvalue weighted by molar-refractivity contribution is -0.0110. The van der Waals surface area contributed by atoms with E-state index in [9.17, 15) is 4.79 Å². The summed E-state index contributed by atoms with van der Waals surface area (Å²) in [5.74, 6) is 0. The Kier molecular flexibility index (Phi) is 4.82. The maximum Gasteiger partial charge on any atom is 0.309 e. The van der Waals surface area contributed by atoms with Crippen LogP contribution in [0, 0.1) is 0 Å². The summed E-state index contributed by atoms with van der Waals surface area (Å²) >= 11 is 0. The average molecular weight is 148 g/mol. The highest BCUT2D eigenvalue weighted by atomic mass is 16.4. The number of carbonyl (C=O) groups excluding carboxylic acids is 1. The van der Waals surface area contributed by atoms with E-state index in [1.54, 1.807) is 0 Å². The third kappa shape index (κ3) is 3.39. The minimum Gasteiger partial charge on any atom is -0.394 e. The molecule has 2 atom stereocenters. The topological polar surface area (TPSA) is 89.8 Å². The van der Waals surface area contributed by atoms with Crippen molar-refractivity contribution >= 4 is 6.41 Å². The highest BCUT2D eigenvalue weighted by Gasteiger charge is 2.13. The van der Waals surface area contributed by atoms with Gasteiger partial charge in [0.2, 0.25) is 0 Å². The van der Waals surface area contributed by atoms with Crippen molar-refractivity contribution < 1.29 is 20.1 Å². The molecule has 0 saturated heterocycles. The third-order valence-corrected chi connectivity index (χ3v) is 1.01. The first kappa shape index (κ1) is 9.35. The van der Waals surface area contributed by atoms with Gasteiger partial charge in [-0.25, -0.2) is 0 Å². The fourth-order valence-corrected chi connectivity index (χ4v) is 0.404. The summed E-state index contributed by atoms with van der Waals surface area (Å²) in [7, 11) is 0. The molecule has 0 spiro atoms. The molecule has 0 aliphatic heterocycles. The van der Waals surface area contributed by atoms with Gasteiger partial charge in [0.05, 0.1) is 12.7 Å². The SMILES string of the molecule is O=[C]NCC(O)C(O)CO. The molecule has 0 aliphatic carbocycles. The predicted molar refractivity (Wildman–Crippen MR) is 32.8 cm³/mol. The minimum atomic E-state index is -1.21. The van der Waals surface area contributed by atoms with Crippen molar-refractivity contribution in [3.8, 4) is 0 Å². The van der Waals surface area contributed by atoms with Gasteiger partial charge in [0.1, 0.15) is 6.10 Å². The Morgan fingerprint density at radius 1 is 1.40 bits per heavy atom. The lowest BCUT2D eigenvalue weighted by Crippen LogP contribution is -2.37. The zero-order chi connectivity index (χ0) is 7.98. The normalized spacial score (nSPS) is 15.9. The minimum absolute atomic E-state index is 0.106. The number of rotatable bonds is 5. The van der Waals surface area contributed by atoms with Gasteiger partial charge >= 0.3 is 6.41 Å². The Balaban J connectivity index is 3.40. The molecule has 59 valence electrons. The Morgan fingerprint density at radius 2 is 2.00 bits per heavy atom.